The summed E-state index contributed by atoms with van der Waals surface area (Å²) in [7, 11) is 1.70. The summed E-state index contributed by atoms with van der Waals surface area (Å²) in [6.07, 6.45) is 2.58. The Morgan fingerprint density at radius 2 is 2.04 bits per heavy atom. The molecule has 3 aromatic rings. The van der Waals surface area contributed by atoms with E-state index >= 15 is 0 Å². The van der Waals surface area contributed by atoms with Crippen LogP contribution in [0.1, 0.15) is 38.7 Å². The highest BCUT2D eigenvalue weighted by molar-refractivity contribution is 5.74. The first-order valence-electron chi connectivity index (χ1n) is 9.25. The van der Waals surface area contributed by atoms with E-state index in [1.54, 1.807) is 13.3 Å². The first kappa shape index (κ1) is 17.6. The number of hydrogen-bond acceptors (Lipinski definition) is 5. The lowest BCUT2D eigenvalue weighted by molar-refractivity contribution is 0.366. The van der Waals surface area contributed by atoms with Crippen LogP contribution in [-0.2, 0) is 5.54 Å². The molecule has 7 heteroatoms. The molecule has 1 atom stereocenters. The van der Waals surface area contributed by atoms with Gasteiger partial charge in [-0.25, -0.2) is 4.68 Å². The van der Waals surface area contributed by atoms with Crippen LogP contribution in [0.15, 0.2) is 35.3 Å². The second-order valence-electron chi connectivity index (χ2n) is 8.03. The predicted molar refractivity (Wildman–Crippen MR) is 106 cm³/mol. The molecule has 0 radical (unpaired) electrons. The summed E-state index contributed by atoms with van der Waals surface area (Å²) in [5, 5.41) is 4.90. The molecule has 1 aliphatic heterocycles. The van der Waals surface area contributed by atoms with E-state index in [1.165, 1.54) is 5.56 Å². The summed E-state index contributed by atoms with van der Waals surface area (Å²) < 4.78 is 7.33. The van der Waals surface area contributed by atoms with Crippen molar-refractivity contribution in [2.24, 2.45) is 0 Å². The third-order valence-corrected chi connectivity index (χ3v) is 5.13. The number of aromatic nitrogens is 4. The lowest BCUT2D eigenvalue weighted by atomic mass is 9.97. The van der Waals surface area contributed by atoms with Gasteiger partial charge in [-0.2, -0.15) is 10.1 Å². The first-order valence-corrected chi connectivity index (χ1v) is 9.25. The molecule has 1 aliphatic rings. The maximum absolute atomic E-state index is 12.6. The monoisotopic (exact) mass is 367 g/mol. The summed E-state index contributed by atoms with van der Waals surface area (Å²) >= 11 is 0. The molecule has 7 nitrogen and oxygen atoms in total. The van der Waals surface area contributed by atoms with Gasteiger partial charge in [-0.3, -0.25) is 9.78 Å². The van der Waals surface area contributed by atoms with Gasteiger partial charge in [0.2, 0.25) is 5.95 Å². The minimum atomic E-state index is -0.245. The van der Waals surface area contributed by atoms with Crippen LogP contribution in [0.5, 0.6) is 5.75 Å². The Kier molecular flexibility index (Phi) is 4.17. The van der Waals surface area contributed by atoms with Crippen molar-refractivity contribution in [1.82, 2.24) is 19.7 Å². The highest BCUT2D eigenvalue weighted by Gasteiger charge is 2.28. The standard InChI is InChI=1S/C20H25N5O2/c1-20(2,3)25-17-15(11-21-25)18(26)23-19(22-17)24-10-9-13(12-24)14-7-5-6-8-16(14)27-4/h5-8,11,13H,9-10,12H2,1-4H3,(H,22,23,26). The van der Waals surface area contributed by atoms with Crippen molar-refractivity contribution in [2.45, 2.75) is 38.6 Å². The Labute approximate surface area is 158 Å². The summed E-state index contributed by atoms with van der Waals surface area (Å²) in [6.45, 7) is 7.78. The molecule has 1 saturated heterocycles. The van der Waals surface area contributed by atoms with Crippen molar-refractivity contribution in [2.75, 3.05) is 25.1 Å². The third-order valence-electron chi connectivity index (χ3n) is 5.13. The molecule has 142 valence electrons. The highest BCUT2D eigenvalue weighted by Crippen LogP contribution is 2.34. The van der Waals surface area contributed by atoms with Crippen LogP contribution >= 0.6 is 0 Å². The van der Waals surface area contributed by atoms with Crippen LogP contribution in [0.2, 0.25) is 0 Å². The van der Waals surface area contributed by atoms with E-state index in [0.29, 0.717) is 22.9 Å². The largest absolute Gasteiger partial charge is 0.496 e. The van der Waals surface area contributed by atoms with Crippen molar-refractivity contribution < 1.29 is 4.74 Å². The number of benzene rings is 1. The van der Waals surface area contributed by atoms with Gasteiger partial charge in [-0.1, -0.05) is 18.2 Å². The summed E-state index contributed by atoms with van der Waals surface area (Å²) in [5.74, 6) is 1.86. The van der Waals surface area contributed by atoms with Crippen LogP contribution in [0.25, 0.3) is 11.0 Å². The van der Waals surface area contributed by atoms with Crippen LogP contribution in [0, 0.1) is 0 Å². The molecule has 1 unspecified atom stereocenters. The second kappa shape index (κ2) is 6.40. The molecule has 0 amide bonds. The molecular weight excluding hydrogens is 342 g/mol. The van der Waals surface area contributed by atoms with Crippen LogP contribution in [-0.4, -0.2) is 39.9 Å². The second-order valence-corrected chi connectivity index (χ2v) is 8.03. The Bertz CT molecular complexity index is 1030. The molecule has 27 heavy (non-hydrogen) atoms. The fraction of sp³-hybridized carbons (Fsp3) is 0.450. The van der Waals surface area contributed by atoms with Gasteiger partial charge in [0.15, 0.2) is 5.65 Å². The predicted octanol–water partition coefficient (Wildman–Crippen LogP) is 2.88. The zero-order valence-electron chi connectivity index (χ0n) is 16.2. The minimum absolute atomic E-state index is 0.147. The van der Waals surface area contributed by atoms with E-state index in [9.17, 15) is 4.79 Å². The van der Waals surface area contributed by atoms with Gasteiger partial charge >= 0.3 is 0 Å². The molecule has 1 N–H and O–H groups in total. The maximum Gasteiger partial charge on any atom is 0.263 e. The lowest BCUT2D eigenvalue weighted by Gasteiger charge is -2.21. The molecule has 1 fully saturated rings. The number of H-pyrrole nitrogens is 1. The van der Waals surface area contributed by atoms with E-state index < -0.39 is 0 Å². The first-order chi connectivity index (χ1) is 12.9. The molecule has 2 aromatic heterocycles. The summed E-state index contributed by atoms with van der Waals surface area (Å²) in [6, 6.07) is 8.12. The van der Waals surface area contributed by atoms with Crippen LogP contribution in [0.3, 0.4) is 0 Å². The number of ether oxygens (including phenoxy) is 1. The van der Waals surface area contributed by atoms with Gasteiger partial charge in [0.05, 0.1) is 18.8 Å². The number of nitrogens with one attached hydrogen (secondary N) is 1. The highest BCUT2D eigenvalue weighted by atomic mass is 16.5. The minimum Gasteiger partial charge on any atom is -0.496 e. The molecule has 0 spiro atoms. The lowest BCUT2D eigenvalue weighted by Crippen LogP contribution is -2.27. The van der Waals surface area contributed by atoms with Gasteiger partial charge in [0.25, 0.3) is 5.56 Å². The van der Waals surface area contributed by atoms with Gasteiger partial charge in [0, 0.05) is 19.0 Å². The van der Waals surface area contributed by atoms with E-state index in [0.717, 1.165) is 25.3 Å². The number of methoxy groups -OCH3 is 1. The normalized spacial score (nSPS) is 17.6. The molecule has 3 heterocycles. The van der Waals surface area contributed by atoms with Gasteiger partial charge < -0.3 is 9.64 Å². The van der Waals surface area contributed by atoms with Gasteiger partial charge in [-0.05, 0) is 38.8 Å². The van der Waals surface area contributed by atoms with Crippen molar-refractivity contribution in [3.63, 3.8) is 0 Å². The molecule has 0 saturated carbocycles. The quantitative estimate of drug-likeness (QED) is 0.770. The topological polar surface area (TPSA) is 76.0 Å². The number of nitrogens with zero attached hydrogens (tertiary/aromatic N) is 4. The maximum atomic E-state index is 12.6. The average Bonchev–Trinajstić information content (AvgIpc) is 3.28. The number of fused-ring (bicyclic) bond motifs is 1. The van der Waals surface area contributed by atoms with E-state index in [1.807, 2.05) is 22.9 Å². The number of aromatic amines is 1. The van der Waals surface area contributed by atoms with E-state index in [2.05, 4.69) is 41.8 Å². The van der Waals surface area contributed by atoms with Crippen LogP contribution < -0.4 is 15.2 Å². The number of rotatable bonds is 3. The summed E-state index contributed by atoms with van der Waals surface area (Å²) in [5.41, 5.74) is 1.43. The van der Waals surface area contributed by atoms with Gasteiger partial charge in [0.1, 0.15) is 11.1 Å². The summed E-state index contributed by atoms with van der Waals surface area (Å²) in [4.78, 5) is 22.4. The number of para-hydroxylation sites is 1. The average molecular weight is 367 g/mol. The van der Waals surface area contributed by atoms with E-state index in [4.69, 9.17) is 9.72 Å². The molecule has 1 aromatic carbocycles. The Balaban J connectivity index is 1.68. The SMILES string of the molecule is COc1ccccc1C1CCN(c2nc3c(cnn3C(C)(C)C)c(=O)[nH]2)C1. The van der Waals surface area contributed by atoms with Crippen LogP contribution in [0.4, 0.5) is 5.95 Å². The fourth-order valence-corrected chi connectivity index (χ4v) is 3.76. The number of anilines is 1. The van der Waals surface area contributed by atoms with Crippen molar-refractivity contribution in [1.29, 1.82) is 0 Å². The molecule has 4 rings (SSSR count). The Morgan fingerprint density at radius 1 is 1.26 bits per heavy atom. The number of hydrogen-bond donors (Lipinski definition) is 1. The molecule has 0 aliphatic carbocycles. The zero-order valence-corrected chi connectivity index (χ0v) is 16.2. The van der Waals surface area contributed by atoms with E-state index in [-0.39, 0.29) is 11.1 Å². The smallest absolute Gasteiger partial charge is 0.263 e. The molecular formula is C20H25N5O2. The van der Waals surface area contributed by atoms with Gasteiger partial charge in [-0.15, -0.1) is 0 Å². The third kappa shape index (κ3) is 3.07. The van der Waals surface area contributed by atoms with Crippen molar-refractivity contribution >= 4 is 17.0 Å². The zero-order chi connectivity index (χ0) is 19.2. The van der Waals surface area contributed by atoms with Crippen molar-refractivity contribution in [3.05, 3.63) is 46.4 Å². The Morgan fingerprint density at radius 3 is 2.78 bits per heavy atom. The fourth-order valence-electron chi connectivity index (χ4n) is 3.76. The van der Waals surface area contributed by atoms with Crippen molar-refractivity contribution in [3.8, 4) is 5.75 Å². The Hall–Kier alpha value is -2.83. The molecule has 0 bridgehead atoms.